The summed E-state index contributed by atoms with van der Waals surface area (Å²) in [5.41, 5.74) is 0. The SMILES string of the molecule is CC(C)NCCCCOCCCO. The summed E-state index contributed by atoms with van der Waals surface area (Å²) in [4.78, 5) is 0. The zero-order valence-corrected chi connectivity index (χ0v) is 8.88. The summed E-state index contributed by atoms with van der Waals surface area (Å²) in [5, 5.41) is 11.8. The van der Waals surface area contributed by atoms with Gasteiger partial charge in [0.2, 0.25) is 0 Å². The molecule has 0 rings (SSSR count). The minimum atomic E-state index is 0.231. The van der Waals surface area contributed by atoms with Gasteiger partial charge in [-0.1, -0.05) is 13.8 Å². The van der Waals surface area contributed by atoms with Crippen molar-refractivity contribution >= 4 is 0 Å². The lowest BCUT2D eigenvalue weighted by Crippen LogP contribution is -2.23. The minimum absolute atomic E-state index is 0.231. The predicted octanol–water partition coefficient (Wildman–Crippen LogP) is 1.16. The highest BCUT2D eigenvalue weighted by Crippen LogP contribution is 1.90. The molecule has 0 atom stereocenters. The van der Waals surface area contributed by atoms with Gasteiger partial charge in [0.15, 0.2) is 0 Å². The fourth-order valence-corrected chi connectivity index (χ4v) is 0.989. The fourth-order valence-electron chi connectivity index (χ4n) is 0.989. The molecule has 2 N–H and O–H groups in total. The molecule has 0 aromatic carbocycles. The van der Waals surface area contributed by atoms with Crippen molar-refractivity contribution < 1.29 is 9.84 Å². The Morgan fingerprint density at radius 3 is 2.46 bits per heavy atom. The quantitative estimate of drug-likeness (QED) is 0.535. The number of aliphatic hydroxyl groups excluding tert-OH is 1. The Balaban J connectivity index is 2.84. The predicted molar refractivity (Wildman–Crippen MR) is 54.9 cm³/mol. The smallest absolute Gasteiger partial charge is 0.0487 e. The van der Waals surface area contributed by atoms with Gasteiger partial charge in [-0.05, 0) is 25.8 Å². The highest BCUT2D eigenvalue weighted by atomic mass is 16.5. The van der Waals surface area contributed by atoms with E-state index < -0.39 is 0 Å². The van der Waals surface area contributed by atoms with Crippen molar-refractivity contribution in [3.63, 3.8) is 0 Å². The summed E-state index contributed by atoms with van der Waals surface area (Å²) < 4.78 is 5.29. The van der Waals surface area contributed by atoms with Gasteiger partial charge in [-0.25, -0.2) is 0 Å². The van der Waals surface area contributed by atoms with Crippen LogP contribution >= 0.6 is 0 Å². The fraction of sp³-hybridized carbons (Fsp3) is 1.00. The molecule has 0 aromatic rings. The first-order chi connectivity index (χ1) is 6.27. The van der Waals surface area contributed by atoms with E-state index in [0.717, 1.165) is 32.4 Å². The number of unbranched alkanes of at least 4 members (excludes halogenated alkanes) is 1. The second-order valence-electron chi connectivity index (χ2n) is 3.51. The molecular weight excluding hydrogens is 166 g/mol. The van der Waals surface area contributed by atoms with E-state index in [1.165, 1.54) is 0 Å². The zero-order valence-electron chi connectivity index (χ0n) is 8.88. The molecule has 0 heterocycles. The zero-order chi connectivity index (χ0) is 9.94. The summed E-state index contributed by atoms with van der Waals surface area (Å²) in [7, 11) is 0. The van der Waals surface area contributed by atoms with Crippen LogP contribution in [-0.2, 0) is 4.74 Å². The molecule has 0 saturated carbocycles. The third-order valence-electron chi connectivity index (χ3n) is 1.71. The Hall–Kier alpha value is -0.120. The first-order valence-corrected chi connectivity index (χ1v) is 5.19. The van der Waals surface area contributed by atoms with E-state index in [2.05, 4.69) is 19.2 Å². The molecule has 13 heavy (non-hydrogen) atoms. The Labute approximate surface area is 81.5 Å². The second kappa shape index (κ2) is 9.96. The monoisotopic (exact) mass is 189 g/mol. The normalized spacial score (nSPS) is 11.1. The van der Waals surface area contributed by atoms with Gasteiger partial charge in [0.1, 0.15) is 0 Å². The van der Waals surface area contributed by atoms with Crippen LogP contribution in [0.15, 0.2) is 0 Å². The van der Waals surface area contributed by atoms with Crippen LogP contribution in [-0.4, -0.2) is 37.5 Å². The van der Waals surface area contributed by atoms with Gasteiger partial charge in [0, 0.05) is 25.9 Å². The Bertz CT molecular complexity index is 96.9. The average Bonchev–Trinajstić information content (AvgIpc) is 2.09. The molecule has 0 saturated heterocycles. The summed E-state index contributed by atoms with van der Waals surface area (Å²) in [5.74, 6) is 0. The molecule has 3 heteroatoms. The van der Waals surface area contributed by atoms with Crippen LogP contribution in [0.4, 0.5) is 0 Å². The van der Waals surface area contributed by atoms with E-state index in [0.29, 0.717) is 12.6 Å². The maximum absolute atomic E-state index is 8.48. The van der Waals surface area contributed by atoms with E-state index in [1.54, 1.807) is 0 Å². The summed E-state index contributed by atoms with van der Waals surface area (Å²) in [6, 6.07) is 0.579. The highest BCUT2D eigenvalue weighted by Gasteiger charge is 1.92. The molecule has 0 aliphatic rings. The Morgan fingerprint density at radius 1 is 1.15 bits per heavy atom. The van der Waals surface area contributed by atoms with Gasteiger partial charge in [-0.3, -0.25) is 0 Å². The van der Waals surface area contributed by atoms with Gasteiger partial charge >= 0.3 is 0 Å². The number of ether oxygens (including phenoxy) is 1. The van der Waals surface area contributed by atoms with Gasteiger partial charge in [0.25, 0.3) is 0 Å². The van der Waals surface area contributed by atoms with Crippen molar-refractivity contribution in [3.05, 3.63) is 0 Å². The number of rotatable bonds is 9. The van der Waals surface area contributed by atoms with Gasteiger partial charge in [0.05, 0.1) is 0 Å². The van der Waals surface area contributed by atoms with Crippen LogP contribution < -0.4 is 5.32 Å². The van der Waals surface area contributed by atoms with E-state index in [9.17, 15) is 0 Å². The van der Waals surface area contributed by atoms with Crippen LogP contribution in [0.5, 0.6) is 0 Å². The van der Waals surface area contributed by atoms with Crippen molar-refractivity contribution in [3.8, 4) is 0 Å². The Morgan fingerprint density at radius 2 is 1.85 bits per heavy atom. The maximum Gasteiger partial charge on any atom is 0.0487 e. The Kier molecular flexibility index (Phi) is 9.87. The minimum Gasteiger partial charge on any atom is -0.396 e. The number of nitrogens with one attached hydrogen (secondary N) is 1. The molecule has 0 aliphatic heterocycles. The first kappa shape index (κ1) is 12.9. The number of hydrogen-bond donors (Lipinski definition) is 2. The molecule has 0 amide bonds. The van der Waals surface area contributed by atoms with Crippen molar-refractivity contribution in [2.75, 3.05) is 26.4 Å². The van der Waals surface area contributed by atoms with Crippen molar-refractivity contribution in [1.82, 2.24) is 5.32 Å². The summed E-state index contributed by atoms with van der Waals surface area (Å²) in [6.45, 7) is 7.11. The van der Waals surface area contributed by atoms with Crippen molar-refractivity contribution in [2.24, 2.45) is 0 Å². The third kappa shape index (κ3) is 11.9. The topological polar surface area (TPSA) is 41.5 Å². The third-order valence-corrected chi connectivity index (χ3v) is 1.71. The number of hydrogen-bond acceptors (Lipinski definition) is 3. The molecule has 0 unspecified atom stereocenters. The van der Waals surface area contributed by atoms with Crippen molar-refractivity contribution in [2.45, 2.75) is 39.2 Å². The lowest BCUT2D eigenvalue weighted by Gasteiger charge is -2.07. The molecule has 0 spiro atoms. The lowest BCUT2D eigenvalue weighted by molar-refractivity contribution is 0.113. The van der Waals surface area contributed by atoms with Gasteiger partial charge in [-0.2, -0.15) is 0 Å². The lowest BCUT2D eigenvalue weighted by atomic mass is 10.3. The van der Waals surface area contributed by atoms with Gasteiger partial charge in [-0.15, -0.1) is 0 Å². The number of aliphatic hydroxyl groups is 1. The molecule has 3 nitrogen and oxygen atoms in total. The molecule has 0 bridgehead atoms. The van der Waals surface area contributed by atoms with Crippen LogP contribution in [0.3, 0.4) is 0 Å². The largest absolute Gasteiger partial charge is 0.396 e. The van der Waals surface area contributed by atoms with E-state index in [4.69, 9.17) is 9.84 Å². The summed E-state index contributed by atoms with van der Waals surface area (Å²) in [6.07, 6.45) is 3.02. The second-order valence-corrected chi connectivity index (χ2v) is 3.51. The van der Waals surface area contributed by atoms with E-state index in [-0.39, 0.29) is 6.61 Å². The summed E-state index contributed by atoms with van der Waals surface area (Å²) >= 11 is 0. The van der Waals surface area contributed by atoms with Crippen LogP contribution in [0.2, 0.25) is 0 Å². The molecule has 0 fully saturated rings. The molecule has 80 valence electrons. The average molecular weight is 189 g/mol. The highest BCUT2D eigenvalue weighted by molar-refractivity contribution is 4.52. The van der Waals surface area contributed by atoms with Gasteiger partial charge < -0.3 is 15.2 Å². The van der Waals surface area contributed by atoms with E-state index >= 15 is 0 Å². The van der Waals surface area contributed by atoms with Crippen LogP contribution in [0.1, 0.15) is 33.1 Å². The van der Waals surface area contributed by atoms with Crippen LogP contribution in [0, 0.1) is 0 Å². The van der Waals surface area contributed by atoms with E-state index in [1.807, 2.05) is 0 Å². The first-order valence-electron chi connectivity index (χ1n) is 5.19. The maximum atomic E-state index is 8.48. The standard InChI is InChI=1S/C10H23NO2/c1-10(2)11-6-3-4-8-13-9-5-7-12/h10-12H,3-9H2,1-2H3. The molecular formula is C10H23NO2. The van der Waals surface area contributed by atoms with Crippen LogP contribution in [0.25, 0.3) is 0 Å². The molecule has 0 radical (unpaired) electrons. The molecule has 0 aromatic heterocycles. The van der Waals surface area contributed by atoms with Crippen molar-refractivity contribution in [1.29, 1.82) is 0 Å². The molecule has 0 aliphatic carbocycles.